The summed E-state index contributed by atoms with van der Waals surface area (Å²) in [6.45, 7) is 2.63. The highest BCUT2D eigenvalue weighted by Crippen LogP contribution is 2.35. The van der Waals surface area contributed by atoms with Crippen molar-refractivity contribution in [2.45, 2.75) is 45.2 Å². The van der Waals surface area contributed by atoms with Crippen molar-refractivity contribution in [3.8, 4) is 5.75 Å². The molecule has 1 fully saturated rings. The molecule has 0 radical (unpaired) electrons. The maximum Gasteiger partial charge on any atom is 0.254 e. The zero-order chi connectivity index (χ0) is 21.4. The van der Waals surface area contributed by atoms with Gasteiger partial charge < -0.3 is 15.0 Å². The molecule has 0 aromatic heterocycles. The molecule has 1 saturated carbocycles. The molecule has 2 aromatic rings. The number of hydrogen-bond acceptors (Lipinski definition) is 3. The van der Waals surface area contributed by atoms with Crippen molar-refractivity contribution in [2.75, 3.05) is 12.4 Å². The van der Waals surface area contributed by atoms with Crippen LogP contribution < -0.4 is 10.1 Å². The third-order valence-corrected chi connectivity index (χ3v) is 6.21. The number of halogens is 2. The van der Waals surface area contributed by atoms with Crippen molar-refractivity contribution in [1.29, 1.82) is 0 Å². The number of fused-ring (bicyclic) bond motifs is 1. The highest BCUT2D eigenvalue weighted by molar-refractivity contribution is 5.99. The fourth-order valence-corrected chi connectivity index (χ4v) is 4.53. The van der Waals surface area contributed by atoms with E-state index in [4.69, 9.17) is 0 Å². The Kier molecular flexibility index (Phi) is 5.45. The van der Waals surface area contributed by atoms with Gasteiger partial charge in [0, 0.05) is 41.9 Å². The SMILES string of the molecule is COc1c(F)cc(NC(=O)C2CCC(N3Cc4c(C)cccc4C3=O)CC2)cc1F. The second-order valence-electron chi connectivity index (χ2n) is 8.00. The van der Waals surface area contributed by atoms with Crippen LogP contribution in [0.3, 0.4) is 0 Å². The van der Waals surface area contributed by atoms with Gasteiger partial charge in [-0.15, -0.1) is 0 Å². The van der Waals surface area contributed by atoms with Crippen LogP contribution in [0.5, 0.6) is 5.75 Å². The molecule has 2 aromatic carbocycles. The van der Waals surface area contributed by atoms with Gasteiger partial charge in [0.25, 0.3) is 5.91 Å². The molecule has 0 saturated heterocycles. The number of hydrogen-bond donors (Lipinski definition) is 1. The van der Waals surface area contributed by atoms with Gasteiger partial charge in [-0.2, -0.15) is 0 Å². The van der Waals surface area contributed by atoms with Crippen LogP contribution in [0.15, 0.2) is 30.3 Å². The molecule has 4 rings (SSSR count). The minimum Gasteiger partial charge on any atom is -0.491 e. The number of carbonyl (C=O) groups is 2. The Morgan fingerprint density at radius 3 is 2.40 bits per heavy atom. The normalized spacial score (nSPS) is 20.8. The van der Waals surface area contributed by atoms with Crippen molar-refractivity contribution in [1.82, 2.24) is 4.90 Å². The van der Waals surface area contributed by atoms with E-state index in [1.54, 1.807) is 0 Å². The highest BCUT2D eigenvalue weighted by atomic mass is 19.1. The molecular formula is C23H24F2N2O3. The van der Waals surface area contributed by atoms with Gasteiger partial charge in [0.05, 0.1) is 7.11 Å². The first-order valence-electron chi connectivity index (χ1n) is 10.1. The van der Waals surface area contributed by atoms with Gasteiger partial charge in [0.1, 0.15) is 0 Å². The first kappa shape index (κ1) is 20.3. The van der Waals surface area contributed by atoms with Gasteiger partial charge in [-0.05, 0) is 49.8 Å². The van der Waals surface area contributed by atoms with Gasteiger partial charge in [-0.3, -0.25) is 9.59 Å². The molecule has 1 aliphatic heterocycles. The number of ether oxygens (including phenoxy) is 1. The van der Waals surface area contributed by atoms with Crippen molar-refractivity contribution in [3.63, 3.8) is 0 Å². The molecule has 1 heterocycles. The standard InChI is InChI=1S/C23H24F2N2O3/c1-13-4-3-5-17-18(13)12-27(23(17)29)16-8-6-14(7-9-16)22(28)26-15-10-19(24)21(30-2)20(25)11-15/h3-5,10-11,14,16H,6-9,12H2,1-2H3,(H,26,28). The number of methoxy groups -OCH3 is 1. The number of anilines is 1. The van der Waals surface area contributed by atoms with Gasteiger partial charge in [-0.25, -0.2) is 8.78 Å². The lowest BCUT2D eigenvalue weighted by atomic mass is 9.84. The van der Waals surface area contributed by atoms with E-state index in [9.17, 15) is 18.4 Å². The fraction of sp³-hybridized carbons (Fsp3) is 0.391. The van der Waals surface area contributed by atoms with Gasteiger partial charge in [0.15, 0.2) is 17.4 Å². The molecule has 2 amide bonds. The van der Waals surface area contributed by atoms with E-state index in [-0.39, 0.29) is 29.5 Å². The summed E-state index contributed by atoms with van der Waals surface area (Å²) in [6, 6.07) is 7.99. The van der Waals surface area contributed by atoms with Crippen molar-refractivity contribution in [3.05, 3.63) is 58.7 Å². The minimum atomic E-state index is -0.862. The van der Waals surface area contributed by atoms with E-state index >= 15 is 0 Å². The quantitative estimate of drug-likeness (QED) is 0.805. The number of amides is 2. The van der Waals surface area contributed by atoms with Crippen LogP contribution in [-0.4, -0.2) is 29.9 Å². The summed E-state index contributed by atoms with van der Waals surface area (Å²) in [5, 5.41) is 2.60. The van der Waals surface area contributed by atoms with Crippen LogP contribution in [0.1, 0.15) is 47.2 Å². The summed E-state index contributed by atoms with van der Waals surface area (Å²) < 4.78 is 32.4. The van der Waals surface area contributed by atoms with E-state index in [1.165, 1.54) is 7.11 Å². The predicted octanol–water partition coefficient (Wildman–Crippen LogP) is 4.44. The number of rotatable bonds is 4. The maximum atomic E-state index is 13.9. The van der Waals surface area contributed by atoms with Gasteiger partial charge in [-0.1, -0.05) is 12.1 Å². The third-order valence-electron chi connectivity index (χ3n) is 6.21. The maximum absolute atomic E-state index is 13.9. The molecule has 0 unspecified atom stereocenters. The molecular weight excluding hydrogens is 390 g/mol. The van der Waals surface area contributed by atoms with Crippen LogP contribution in [-0.2, 0) is 11.3 Å². The Bertz CT molecular complexity index is 977. The van der Waals surface area contributed by atoms with Crippen molar-refractivity contribution in [2.24, 2.45) is 5.92 Å². The lowest BCUT2D eigenvalue weighted by Crippen LogP contribution is -2.40. The summed E-state index contributed by atoms with van der Waals surface area (Å²) in [5.74, 6) is -2.65. The van der Waals surface area contributed by atoms with Crippen LogP contribution in [0.4, 0.5) is 14.5 Å². The summed E-state index contributed by atoms with van der Waals surface area (Å²) >= 11 is 0. The Labute approximate surface area is 174 Å². The predicted molar refractivity (Wildman–Crippen MR) is 108 cm³/mol. The Balaban J connectivity index is 1.37. The molecule has 1 aliphatic carbocycles. The largest absolute Gasteiger partial charge is 0.491 e. The lowest BCUT2D eigenvalue weighted by molar-refractivity contribution is -0.121. The number of nitrogens with zero attached hydrogens (tertiary/aromatic N) is 1. The molecule has 0 bridgehead atoms. The average Bonchev–Trinajstić information content (AvgIpc) is 3.06. The monoisotopic (exact) mass is 414 g/mol. The number of carbonyl (C=O) groups excluding carboxylic acids is 2. The Morgan fingerprint density at radius 2 is 1.80 bits per heavy atom. The molecule has 7 heteroatoms. The Morgan fingerprint density at radius 1 is 1.13 bits per heavy atom. The zero-order valence-corrected chi connectivity index (χ0v) is 17.0. The summed E-state index contributed by atoms with van der Waals surface area (Å²) in [4.78, 5) is 27.3. The van der Waals surface area contributed by atoms with Crippen molar-refractivity contribution >= 4 is 17.5 Å². The third kappa shape index (κ3) is 3.64. The number of benzene rings is 2. The Hall–Kier alpha value is -2.96. The zero-order valence-electron chi connectivity index (χ0n) is 17.0. The molecule has 0 spiro atoms. The van der Waals surface area contributed by atoms with Crippen LogP contribution in [0, 0.1) is 24.5 Å². The minimum absolute atomic E-state index is 0.0609. The average molecular weight is 414 g/mol. The number of aryl methyl sites for hydroxylation is 1. The van der Waals surface area contributed by atoms with E-state index in [0.29, 0.717) is 19.4 Å². The van der Waals surface area contributed by atoms with Crippen LogP contribution in [0.2, 0.25) is 0 Å². The van der Waals surface area contributed by atoms with Crippen LogP contribution >= 0.6 is 0 Å². The van der Waals surface area contributed by atoms with E-state index < -0.39 is 17.4 Å². The van der Waals surface area contributed by atoms with E-state index in [1.807, 2.05) is 30.0 Å². The number of nitrogens with one attached hydrogen (secondary N) is 1. The second kappa shape index (κ2) is 8.05. The first-order chi connectivity index (χ1) is 14.4. The van der Waals surface area contributed by atoms with Gasteiger partial charge in [0.2, 0.25) is 5.91 Å². The molecule has 158 valence electrons. The summed E-state index contributed by atoms with van der Waals surface area (Å²) in [5.41, 5.74) is 3.05. The second-order valence-corrected chi connectivity index (χ2v) is 8.00. The van der Waals surface area contributed by atoms with Gasteiger partial charge >= 0.3 is 0 Å². The lowest BCUT2D eigenvalue weighted by Gasteiger charge is -2.34. The van der Waals surface area contributed by atoms with E-state index in [2.05, 4.69) is 10.1 Å². The first-order valence-corrected chi connectivity index (χ1v) is 10.1. The molecule has 0 atom stereocenters. The molecule has 30 heavy (non-hydrogen) atoms. The highest BCUT2D eigenvalue weighted by Gasteiger charge is 2.36. The smallest absolute Gasteiger partial charge is 0.254 e. The summed E-state index contributed by atoms with van der Waals surface area (Å²) in [7, 11) is 1.18. The van der Waals surface area contributed by atoms with Crippen LogP contribution in [0.25, 0.3) is 0 Å². The topological polar surface area (TPSA) is 58.6 Å². The van der Waals surface area contributed by atoms with E-state index in [0.717, 1.165) is 41.7 Å². The molecule has 2 aliphatic rings. The van der Waals surface area contributed by atoms with Crippen molar-refractivity contribution < 1.29 is 23.1 Å². The fourth-order valence-electron chi connectivity index (χ4n) is 4.53. The summed E-state index contributed by atoms with van der Waals surface area (Å²) in [6.07, 6.45) is 2.69. The molecule has 1 N–H and O–H groups in total. The molecule has 5 nitrogen and oxygen atoms in total.